The van der Waals surface area contributed by atoms with Crippen LogP contribution in [0.2, 0.25) is 0 Å². The molecule has 0 saturated carbocycles. The summed E-state index contributed by atoms with van der Waals surface area (Å²) < 4.78 is 0. The van der Waals surface area contributed by atoms with Crippen molar-refractivity contribution in [1.29, 1.82) is 0 Å². The van der Waals surface area contributed by atoms with Gasteiger partial charge >= 0.3 is 0 Å². The second-order valence-electron chi connectivity index (χ2n) is 13.1. The number of hydrogen-bond donors (Lipinski definition) is 13. The number of nitrogens with two attached hydrogens (primary N) is 2. The standard InChI is InChI=1S/C35H57N9O10/c1-3-22(36)26(15-21-9-5-4-6-10-21)42-35(54)29(19-47)44-32(51)24-11-7-8-14-38-30(49)13-12-25(40-31(50)23(37)17-45)33(52)43-27(20(2)48)16-39-28(18-46)34(53)41-24/h3-6,9-10,20,23-29,39,45-48H,7-8,11-19,36-37H2,1-2H3,(H,38,49)(H,40,50)(H,41,53)(H,42,54)(H,43,52)(H,44,51)/t20?,23-,24-,25-,26-,27+,28-,29-/m0/s1. The van der Waals surface area contributed by atoms with E-state index in [1.54, 1.807) is 13.0 Å². The lowest BCUT2D eigenvalue weighted by Gasteiger charge is -2.28. The molecule has 6 amide bonds. The van der Waals surface area contributed by atoms with Crippen molar-refractivity contribution in [3.8, 4) is 0 Å². The first kappa shape index (κ1) is 45.5. The molecule has 0 spiro atoms. The zero-order valence-corrected chi connectivity index (χ0v) is 30.8. The average Bonchev–Trinajstić information content (AvgIpc) is 3.16. The Bertz CT molecular complexity index is 1410. The zero-order chi connectivity index (χ0) is 40.2. The van der Waals surface area contributed by atoms with Crippen LogP contribution in [0.15, 0.2) is 42.1 Å². The van der Waals surface area contributed by atoms with Crippen LogP contribution in [0.1, 0.15) is 51.5 Å². The van der Waals surface area contributed by atoms with Gasteiger partial charge in [-0.3, -0.25) is 28.8 Å². The third-order valence-corrected chi connectivity index (χ3v) is 8.84. The van der Waals surface area contributed by atoms with Crippen molar-refractivity contribution in [3.63, 3.8) is 0 Å². The monoisotopic (exact) mass is 763 g/mol. The van der Waals surface area contributed by atoms with Crippen LogP contribution in [0.3, 0.4) is 0 Å². The van der Waals surface area contributed by atoms with E-state index in [1.165, 1.54) is 6.92 Å². The summed E-state index contributed by atoms with van der Waals surface area (Å²) in [5.74, 6) is -4.39. The van der Waals surface area contributed by atoms with Crippen LogP contribution in [-0.2, 0) is 35.2 Å². The average molecular weight is 764 g/mol. The fourth-order valence-corrected chi connectivity index (χ4v) is 5.41. The van der Waals surface area contributed by atoms with Gasteiger partial charge in [0.25, 0.3) is 0 Å². The number of rotatable bonds is 13. The first-order valence-electron chi connectivity index (χ1n) is 18.0. The van der Waals surface area contributed by atoms with Gasteiger partial charge in [0.2, 0.25) is 35.4 Å². The summed E-state index contributed by atoms with van der Waals surface area (Å²) in [7, 11) is 0. The smallest absolute Gasteiger partial charge is 0.245 e. The molecule has 1 unspecified atom stereocenters. The molecule has 1 aliphatic heterocycles. The Morgan fingerprint density at radius 2 is 1.65 bits per heavy atom. The van der Waals surface area contributed by atoms with Crippen LogP contribution in [0.4, 0.5) is 0 Å². The first-order chi connectivity index (χ1) is 25.7. The predicted molar refractivity (Wildman–Crippen MR) is 197 cm³/mol. The summed E-state index contributed by atoms with van der Waals surface area (Å²) in [6.07, 6.45) is 1.12. The van der Waals surface area contributed by atoms with Crippen LogP contribution in [0, 0.1) is 0 Å². The molecule has 1 aromatic rings. The Labute approximate surface area is 314 Å². The molecule has 19 nitrogen and oxygen atoms in total. The SMILES string of the molecule is CC=C(N)[C@H](Cc1ccccc1)NC(=O)[C@H](CO)NC(=O)[C@@H]1CCCCNC(=O)CC[C@H](NC(=O)[C@@H](N)CO)C(=O)N[C@@H](C(C)O)CN[C@@H](CO)C(=O)N1. The van der Waals surface area contributed by atoms with E-state index in [4.69, 9.17) is 11.5 Å². The normalized spacial score (nSPS) is 23.5. The topological polar surface area (TPSA) is 320 Å². The predicted octanol–water partition coefficient (Wildman–Crippen LogP) is -4.76. The Morgan fingerprint density at radius 1 is 0.944 bits per heavy atom. The molecule has 0 bridgehead atoms. The molecule has 1 fully saturated rings. The van der Waals surface area contributed by atoms with Crippen LogP contribution >= 0.6 is 0 Å². The van der Waals surface area contributed by atoms with E-state index in [-0.39, 0.29) is 32.4 Å². The van der Waals surface area contributed by atoms with Gasteiger partial charge in [0.1, 0.15) is 30.2 Å². The maximum Gasteiger partial charge on any atom is 0.245 e. The minimum atomic E-state index is -1.42. The molecular weight excluding hydrogens is 706 g/mol. The quantitative estimate of drug-likeness (QED) is 0.0899. The molecule has 54 heavy (non-hydrogen) atoms. The molecule has 302 valence electrons. The molecule has 1 aromatic carbocycles. The molecule has 1 aliphatic rings. The molecule has 1 saturated heterocycles. The Balaban J connectivity index is 2.24. The summed E-state index contributed by atoms with van der Waals surface area (Å²) in [5.41, 5.74) is 13.0. The van der Waals surface area contributed by atoms with Gasteiger partial charge in [-0.1, -0.05) is 36.4 Å². The summed E-state index contributed by atoms with van der Waals surface area (Å²) in [6.45, 7) is 0.756. The first-order valence-corrected chi connectivity index (χ1v) is 18.0. The Morgan fingerprint density at radius 3 is 2.26 bits per heavy atom. The highest BCUT2D eigenvalue weighted by molar-refractivity contribution is 5.93. The van der Waals surface area contributed by atoms with Gasteiger partial charge in [0.15, 0.2) is 0 Å². The minimum absolute atomic E-state index is 0.0408. The van der Waals surface area contributed by atoms with Gasteiger partial charge in [-0.05, 0) is 51.5 Å². The lowest BCUT2D eigenvalue weighted by Crippen LogP contribution is -2.60. The van der Waals surface area contributed by atoms with Crippen LogP contribution in [0.25, 0.3) is 0 Å². The van der Waals surface area contributed by atoms with Crippen molar-refractivity contribution in [1.82, 2.24) is 37.2 Å². The Hall–Kier alpha value is -4.66. The number of benzene rings is 1. The lowest BCUT2D eigenvalue weighted by atomic mass is 10.0. The van der Waals surface area contributed by atoms with E-state index < -0.39 is 104 Å². The molecule has 2 rings (SSSR count). The van der Waals surface area contributed by atoms with Crippen molar-refractivity contribution >= 4 is 35.4 Å². The van der Waals surface area contributed by atoms with E-state index in [1.807, 2.05) is 30.3 Å². The number of amides is 6. The van der Waals surface area contributed by atoms with Crippen molar-refractivity contribution in [3.05, 3.63) is 47.7 Å². The summed E-state index contributed by atoms with van der Waals surface area (Å²) in [5, 5.41) is 58.1. The summed E-state index contributed by atoms with van der Waals surface area (Å²) in [6, 6.07) is 0.971. The Kier molecular flexibility index (Phi) is 20.1. The van der Waals surface area contributed by atoms with Crippen LogP contribution < -0.4 is 48.7 Å². The van der Waals surface area contributed by atoms with Gasteiger partial charge in [-0.25, -0.2) is 0 Å². The van der Waals surface area contributed by atoms with Gasteiger partial charge in [-0.15, -0.1) is 0 Å². The maximum absolute atomic E-state index is 13.6. The van der Waals surface area contributed by atoms with Crippen molar-refractivity contribution in [2.45, 2.75) is 101 Å². The summed E-state index contributed by atoms with van der Waals surface area (Å²) >= 11 is 0. The highest BCUT2D eigenvalue weighted by Crippen LogP contribution is 2.09. The van der Waals surface area contributed by atoms with Gasteiger partial charge in [0.05, 0.1) is 38.0 Å². The third kappa shape index (κ3) is 15.4. The third-order valence-electron chi connectivity index (χ3n) is 8.84. The fourth-order valence-electron chi connectivity index (χ4n) is 5.41. The lowest BCUT2D eigenvalue weighted by molar-refractivity contribution is -0.133. The number of aliphatic hydroxyl groups excluding tert-OH is 4. The number of allylic oxidation sites excluding steroid dienone is 1. The van der Waals surface area contributed by atoms with E-state index in [0.717, 1.165) is 5.56 Å². The zero-order valence-electron chi connectivity index (χ0n) is 30.8. The molecule has 19 heteroatoms. The number of aliphatic hydroxyl groups is 4. The van der Waals surface area contributed by atoms with E-state index in [2.05, 4.69) is 37.2 Å². The summed E-state index contributed by atoms with van der Waals surface area (Å²) in [4.78, 5) is 78.5. The second kappa shape index (κ2) is 23.9. The molecular formula is C35H57N9O10. The van der Waals surface area contributed by atoms with E-state index in [0.29, 0.717) is 25.0 Å². The molecule has 0 radical (unpaired) electrons. The fraction of sp³-hybridized carbons (Fsp3) is 0.600. The second-order valence-corrected chi connectivity index (χ2v) is 13.1. The highest BCUT2D eigenvalue weighted by Gasteiger charge is 2.32. The van der Waals surface area contributed by atoms with Gasteiger partial charge in [0, 0.05) is 25.2 Å². The number of carbonyl (C=O) groups excluding carboxylic acids is 6. The van der Waals surface area contributed by atoms with E-state index in [9.17, 15) is 49.2 Å². The molecule has 8 atom stereocenters. The van der Waals surface area contributed by atoms with E-state index >= 15 is 0 Å². The highest BCUT2D eigenvalue weighted by atomic mass is 16.3. The molecule has 15 N–H and O–H groups in total. The number of nitrogens with one attached hydrogen (secondary N) is 7. The number of carbonyl (C=O) groups is 6. The largest absolute Gasteiger partial charge is 0.401 e. The minimum Gasteiger partial charge on any atom is -0.401 e. The van der Waals surface area contributed by atoms with Crippen LogP contribution in [0.5, 0.6) is 0 Å². The number of hydrogen-bond acceptors (Lipinski definition) is 13. The van der Waals surface area contributed by atoms with Crippen LogP contribution in [-0.4, -0.2) is 137 Å². The molecule has 1 heterocycles. The molecule has 0 aromatic heterocycles. The van der Waals surface area contributed by atoms with Crippen molar-refractivity contribution in [2.75, 3.05) is 32.9 Å². The van der Waals surface area contributed by atoms with Crippen molar-refractivity contribution < 1.29 is 49.2 Å². The van der Waals surface area contributed by atoms with Gasteiger partial charge in [-0.2, -0.15) is 0 Å². The van der Waals surface area contributed by atoms with Crippen molar-refractivity contribution in [2.24, 2.45) is 11.5 Å². The van der Waals surface area contributed by atoms with Gasteiger partial charge < -0.3 is 69.1 Å². The maximum atomic E-state index is 13.6. The molecule has 0 aliphatic carbocycles.